The summed E-state index contributed by atoms with van der Waals surface area (Å²) in [6, 6.07) is 8.36. The van der Waals surface area contributed by atoms with E-state index in [0.29, 0.717) is 12.6 Å². The number of aromatic nitrogens is 2. The molecule has 3 heterocycles. The number of carbonyl (C=O) groups excluding carboxylic acids is 1. The van der Waals surface area contributed by atoms with Gasteiger partial charge in [0, 0.05) is 30.0 Å². The maximum absolute atomic E-state index is 12.2. The average molecular weight is 297 g/mol. The Balaban J connectivity index is 1.47. The van der Waals surface area contributed by atoms with Crippen molar-refractivity contribution in [3.05, 3.63) is 53.4 Å². The standard InChI is InChI=1S/C16H15N3OS/c20-16(18-8-12-3-1-2-6-17-12)14-7-11-9-19(13-4-5-13)10-15(11)21-14/h1-3,6-7,9-10,13H,4-5,8H2,(H,18,20). The van der Waals surface area contributed by atoms with E-state index < -0.39 is 0 Å². The molecule has 1 aliphatic rings. The average Bonchev–Trinajstić information content (AvgIpc) is 3.16. The number of rotatable bonds is 4. The number of thiophene rings is 1. The molecule has 1 saturated carbocycles. The van der Waals surface area contributed by atoms with Crippen LogP contribution in [0.2, 0.25) is 0 Å². The van der Waals surface area contributed by atoms with Crippen LogP contribution in [0.15, 0.2) is 42.9 Å². The number of nitrogens with one attached hydrogen (secondary N) is 1. The molecule has 0 radical (unpaired) electrons. The summed E-state index contributed by atoms with van der Waals surface area (Å²) >= 11 is 1.55. The van der Waals surface area contributed by atoms with Crippen molar-refractivity contribution in [1.82, 2.24) is 14.9 Å². The van der Waals surface area contributed by atoms with E-state index in [9.17, 15) is 4.79 Å². The highest BCUT2D eigenvalue weighted by Gasteiger charge is 2.23. The molecule has 1 fully saturated rings. The molecule has 1 aliphatic carbocycles. The minimum Gasteiger partial charge on any atom is -0.349 e. The second kappa shape index (κ2) is 5.00. The van der Waals surface area contributed by atoms with Gasteiger partial charge in [-0.3, -0.25) is 9.78 Å². The number of hydrogen-bond donors (Lipinski definition) is 1. The van der Waals surface area contributed by atoms with Crippen LogP contribution < -0.4 is 5.32 Å². The van der Waals surface area contributed by atoms with E-state index >= 15 is 0 Å². The minimum absolute atomic E-state index is 0.0279. The van der Waals surface area contributed by atoms with Gasteiger partial charge >= 0.3 is 0 Å². The van der Waals surface area contributed by atoms with Gasteiger partial charge in [-0.25, -0.2) is 0 Å². The van der Waals surface area contributed by atoms with Gasteiger partial charge in [0.05, 0.1) is 21.8 Å². The fraction of sp³-hybridized carbons (Fsp3) is 0.250. The molecular formula is C16H15N3OS. The van der Waals surface area contributed by atoms with Gasteiger partial charge in [-0.05, 0) is 31.0 Å². The molecule has 0 bridgehead atoms. The number of hydrogen-bond acceptors (Lipinski definition) is 3. The summed E-state index contributed by atoms with van der Waals surface area (Å²) in [5, 5.41) is 4.08. The highest BCUT2D eigenvalue weighted by atomic mass is 32.1. The van der Waals surface area contributed by atoms with E-state index in [4.69, 9.17) is 0 Å². The van der Waals surface area contributed by atoms with E-state index in [2.05, 4.69) is 27.3 Å². The second-order valence-electron chi connectivity index (χ2n) is 5.37. The van der Waals surface area contributed by atoms with Crippen molar-refractivity contribution in [1.29, 1.82) is 0 Å². The Bertz CT molecular complexity index is 755. The summed E-state index contributed by atoms with van der Waals surface area (Å²) in [5.74, 6) is -0.0279. The largest absolute Gasteiger partial charge is 0.349 e. The quantitative estimate of drug-likeness (QED) is 0.802. The van der Waals surface area contributed by atoms with E-state index in [0.717, 1.165) is 16.0 Å². The number of fused-ring (bicyclic) bond motifs is 1. The van der Waals surface area contributed by atoms with Gasteiger partial charge < -0.3 is 9.88 Å². The van der Waals surface area contributed by atoms with Crippen LogP contribution in [-0.2, 0) is 6.54 Å². The maximum Gasteiger partial charge on any atom is 0.261 e. The fourth-order valence-corrected chi connectivity index (χ4v) is 3.40. The van der Waals surface area contributed by atoms with Gasteiger partial charge in [0.2, 0.25) is 0 Å². The van der Waals surface area contributed by atoms with Gasteiger partial charge in [0.15, 0.2) is 0 Å². The van der Waals surface area contributed by atoms with Crippen molar-refractivity contribution in [2.45, 2.75) is 25.4 Å². The molecule has 4 rings (SSSR count). The van der Waals surface area contributed by atoms with Crippen LogP contribution in [0.4, 0.5) is 0 Å². The molecule has 5 heteroatoms. The third-order valence-corrected chi connectivity index (χ3v) is 4.78. The summed E-state index contributed by atoms with van der Waals surface area (Å²) in [6.07, 6.45) is 8.60. The molecule has 4 nitrogen and oxygen atoms in total. The molecule has 0 saturated heterocycles. The smallest absolute Gasteiger partial charge is 0.261 e. The number of nitrogens with zero attached hydrogens (tertiary/aromatic N) is 2. The topological polar surface area (TPSA) is 46.9 Å². The Morgan fingerprint density at radius 3 is 3.00 bits per heavy atom. The van der Waals surface area contributed by atoms with Crippen LogP contribution in [0.1, 0.15) is 34.2 Å². The van der Waals surface area contributed by atoms with Crippen molar-refractivity contribution in [2.24, 2.45) is 0 Å². The molecule has 0 atom stereocenters. The Morgan fingerprint density at radius 2 is 2.29 bits per heavy atom. The van der Waals surface area contributed by atoms with Gasteiger partial charge in [-0.15, -0.1) is 11.3 Å². The van der Waals surface area contributed by atoms with Crippen molar-refractivity contribution < 1.29 is 4.79 Å². The molecule has 1 N–H and O–H groups in total. The van der Waals surface area contributed by atoms with Crippen molar-refractivity contribution in [2.75, 3.05) is 0 Å². The summed E-state index contributed by atoms with van der Waals surface area (Å²) in [4.78, 5) is 17.1. The van der Waals surface area contributed by atoms with Crippen LogP contribution >= 0.6 is 11.3 Å². The highest BCUT2D eigenvalue weighted by Crippen LogP contribution is 2.38. The molecular weight excluding hydrogens is 282 g/mol. The normalized spacial score (nSPS) is 14.5. The first kappa shape index (κ1) is 12.6. The van der Waals surface area contributed by atoms with Crippen molar-refractivity contribution >= 4 is 27.3 Å². The third-order valence-electron chi connectivity index (χ3n) is 3.69. The van der Waals surface area contributed by atoms with Crippen LogP contribution in [0.5, 0.6) is 0 Å². The first-order valence-electron chi connectivity index (χ1n) is 7.09. The Labute approximate surface area is 126 Å². The Morgan fingerprint density at radius 1 is 1.38 bits per heavy atom. The predicted octanol–water partition coefficient (Wildman–Crippen LogP) is 3.36. The molecule has 21 heavy (non-hydrogen) atoms. The molecule has 0 spiro atoms. The zero-order valence-electron chi connectivity index (χ0n) is 11.5. The number of pyridine rings is 1. The second-order valence-corrected chi connectivity index (χ2v) is 6.45. The summed E-state index contributed by atoms with van der Waals surface area (Å²) in [7, 11) is 0. The third kappa shape index (κ3) is 2.56. The Kier molecular flexibility index (Phi) is 3.00. The van der Waals surface area contributed by atoms with Crippen LogP contribution in [0.25, 0.3) is 10.1 Å². The predicted molar refractivity (Wildman–Crippen MR) is 83.5 cm³/mol. The monoisotopic (exact) mass is 297 g/mol. The SMILES string of the molecule is O=C(NCc1ccccn1)c1cc2cn(C3CC3)cc2s1. The van der Waals surface area contributed by atoms with Crippen molar-refractivity contribution in [3.8, 4) is 0 Å². The van der Waals surface area contributed by atoms with Crippen LogP contribution in [0.3, 0.4) is 0 Å². The molecule has 106 valence electrons. The lowest BCUT2D eigenvalue weighted by molar-refractivity contribution is 0.0954. The highest BCUT2D eigenvalue weighted by molar-refractivity contribution is 7.20. The van der Waals surface area contributed by atoms with Gasteiger partial charge in [0.1, 0.15) is 0 Å². The lowest BCUT2D eigenvalue weighted by atomic mass is 10.3. The fourth-order valence-electron chi connectivity index (χ4n) is 2.41. The molecule has 1 amide bonds. The first-order chi connectivity index (χ1) is 10.3. The zero-order valence-corrected chi connectivity index (χ0v) is 12.3. The van der Waals surface area contributed by atoms with Gasteiger partial charge in [-0.1, -0.05) is 6.07 Å². The van der Waals surface area contributed by atoms with Crippen LogP contribution in [-0.4, -0.2) is 15.5 Å². The summed E-state index contributed by atoms with van der Waals surface area (Å²) in [6.45, 7) is 0.462. The first-order valence-corrected chi connectivity index (χ1v) is 7.90. The van der Waals surface area contributed by atoms with E-state index in [1.807, 2.05) is 24.3 Å². The van der Waals surface area contributed by atoms with E-state index in [1.54, 1.807) is 17.5 Å². The zero-order chi connectivity index (χ0) is 14.2. The van der Waals surface area contributed by atoms with Gasteiger partial charge in [0.25, 0.3) is 5.91 Å². The molecule has 0 unspecified atom stereocenters. The van der Waals surface area contributed by atoms with Gasteiger partial charge in [-0.2, -0.15) is 0 Å². The summed E-state index contributed by atoms with van der Waals surface area (Å²) in [5.41, 5.74) is 0.869. The lowest BCUT2D eigenvalue weighted by Gasteiger charge is -2.02. The molecule has 0 aliphatic heterocycles. The number of amides is 1. The molecule has 3 aromatic rings. The molecule has 3 aromatic heterocycles. The van der Waals surface area contributed by atoms with Crippen molar-refractivity contribution in [3.63, 3.8) is 0 Å². The minimum atomic E-state index is -0.0279. The van der Waals surface area contributed by atoms with Crippen LogP contribution in [0, 0.1) is 0 Å². The number of carbonyl (C=O) groups is 1. The lowest BCUT2D eigenvalue weighted by Crippen LogP contribution is -2.22. The Hall–Kier alpha value is -2.14. The molecule has 0 aromatic carbocycles. The summed E-state index contributed by atoms with van der Waals surface area (Å²) < 4.78 is 3.46. The van der Waals surface area contributed by atoms with E-state index in [1.165, 1.54) is 17.5 Å². The maximum atomic E-state index is 12.2. The van der Waals surface area contributed by atoms with E-state index in [-0.39, 0.29) is 5.91 Å².